The van der Waals surface area contributed by atoms with E-state index >= 15 is 0 Å². The van der Waals surface area contributed by atoms with E-state index in [9.17, 15) is 14.4 Å². The summed E-state index contributed by atoms with van der Waals surface area (Å²) in [5.41, 5.74) is 0. The molecule has 0 aromatic heterocycles. The number of rotatable bonds is 56. The molecule has 67 heavy (non-hydrogen) atoms. The Morgan fingerprint density at radius 3 is 0.731 bits per heavy atom. The van der Waals surface area contributed by atoms with Crippen molar-refractivity contribution in [2.24, 2.45) is 5.92 Å². The molecule has 6 nitrogen and oxygen atoms in total. The Morgan fingerprint density at radius 2 is 0.493 bits per heavy atom. The Morgan fingerprint density at radius 1 is 0.284 bits per heavy atom. The summed E-state index contributed by atoms with van der Waals surface area (Å²) in [7, 11) is 0. The Balaban J connectivity index is 4.29. The number of carbonyl (C=O) groups excluding carboxylic acids is 3. The first kappa shape index (κ1) is 65.4. The van der Waals surface area contributed by atoms with Crippen molar-refractivity contribution in [1.82, 2.24) is 0 Å². The van der Waals surface area contributed by atoms with Gasteiger partial charge in [0.1, 0.15) is 13.2 Å². The van der Waals surface area contributed by atoms with E-state index in [-0.39, 0.29) is 31.1 Å². The molecule has 0 radical (unpaired) electrons. The highest BCUT2D eigenvalue weighted by Gasteiger charge is 2.19. The Hall–Kier alpha value is -1.59. The molecule has 398 valence electrons. The van der Waals surface area contributed by atoms with Crippen molar-refractivity contribution in [1.29, 1.82) is 0 Å². The van der Waals surface area contributed by atoms with Gasteiger partial charge in [-0.15, -0.1) is 0 Å². The zero-order valence-electron chi connectivity index (χ0n) is 45.9. The van der Waals surface area contributed by atoms with Crippen LogP contribution in [0.1, 0.15) is 349 Å². The zero-order valence-corrected chi connectivity index (χ0v) is 45.9. The molecule has 0 unspecified atom stereocenters. The molecule has 0 amide bonds. The van der Waals surface area contributed by atoms with Gasteiger partial charge in [-0.2, -0.15) is 0 Å². The molecule has 0 aliphatic rings. The van der Waals surface area contributed by atoms with E-state index in [1.54, 1.807) is 0 Å². The molecule has 0 spiro atoms. The molecule has 0 saturated carbocycles. The van der Waals surface area contributed by atoms with Gasteiger partial charge in [0.2, 0.25) is 0 Å². The largest absolute Gasteiger partial charge is 0.462 e. The SMILES string of the molecule is CCCCCCCCCCCCCCCCCCCCC(=O)O[C@@H](COC(=O)CCCCCCCCCCCCCCCCC)COC(=O)CCCCCCCCCCCCCCCC(C)C. The fourth-order valence-corrected chi connectivity index (χ4v) is 9.46. The smallest absolute Gasteiger partial charge is 0.306 e. The molecule has 0 saturated heterocycles. The van der Waals surface area contributed by atoms with Crippen LogP contribution in [-0.4, -0.2) is 37.2 Å². The lowest BCUT2D eigenvalue weighted by molar-refractivity contribution is -0.167. The van der Waals surface area contributed by atoms with E-state index in [1.807, 2.05) is 0 Å². The summed E-state index contributed by atoms with van der Waals surface area (Å²) in [6.07, 6.45) is 60.9. The minimum absolute atomic E-state index is 0.0615. The summed E-state index contributed by atoms with van der Waals surface area (Å²) < 4.78 is 16.9. The van der Waals surface area contributed by atoms with E-state index < -0.39 is 6.10 Å². The molecule has 0 heterocycles. The van der Waals surface area contributed by atoms with E-state index in [0.717, 1.165) is 63.7 Å². The standard InChI is InChI=1S/C61H118O6/c1-5-7-9-11-13-15-17-19-21-22-23-25-29-34-38-42-46-50-54-61(64)67-58(55-65-59(62)52-48-44-40-36-32-28-24-20-18-16-14-12-10-8-6-2)56-66-60(63)53-49-45-41-37-33-30-26-27-31-35-39-43-47-51-57(3)4/h57-58H,5-56H2,1-4H3/t58-/m0/s1. The van der Waals surface area contributed by atoms with Gasteiger partial charge >= 0.3 is 17.9 Å². The lowest BCUT2D eigenvalue weighted by Gasteiger charge is -2.18. The second-order valence-corrected chi connectivity index (χ2v) is 21.5. The van der Waals surface area contributed by atoms with Crippen LogP contribution >= 0.6 is 0 Å². The summed E-state index contributed by atoms with van der Waals surface area (Å²) in [4.78, 5) is 38.2. The molecular formula is C61H118O6. The van der Waals surface area contributed by atoms with E-state index in [0.29, 0.717) is 19.3 Å². The maximum atomic E-state index is 12.9. The molecule has 0 aliphatic carbocycles. The van der Waals surface area contributed by atoms with Crippen molar-refractivity contribution < 1.29 is 28.6 Å². The lowest BCUT2D eigenvalue weighted by Crippen LogP contribution is -2.30. The van der Waals surface area contributed by atoms with Crippen LogP contribution in [0.2, 0.25) is 0 Å². The third kappa shape index (κ3) is 55.2. The van der Waals surface area contributed by atoms with Crippen molar-refractivity contribution >= 4 is 17.9 Å². The van der Waals surface area contributed by atoms with E-state index in [4.69, 9.17) is 14.2 Å². The highest BCUT2D eigenvalue weighted by Crippen LogP contribution is 2.18. The second-order valence-electron chi connectivity index (χ2n) is 21.5. The predicted octanol–water partition coefficient (Wildman–Crippen LogP) is 20.2. The number of esters is 3. The van der Waals surface area contributed by atoms with Crippen molar-refractivity contribution in [3.63, 3.8) is 0 Å². The quantitative estimate of drug-likeness (QED) is 0.0343. The average Bonchev–Trinajstić information content (AvgIpc) is 3.31. The van der Waals surface area contributed by atoms with Crippen LogP contribution in [0.15, 0.2) is 0 Å². The fourth-order valence-electron chi connectivity index (χ4n) is 9.46. The number of ether oxygens (including phenoxy) is 3. The summed E-state index contributed by atoms with van der Waals surface area (Å²) in [5.74, 6) is 0.00856. The van der Waals surface area contributed by atoms with Gasteiger partial charge in [0.15, 0.2) is 6.10 Å². The van der Waals surface area contributed by atoms with Crippen LogP contribution in [-0.2, 0) is 28.6 Å². The van der Waals surface area contributed by atoms with Gasteiger partial charge in [-0.25, -0.2) is 0 Å². The monoisotopic (exact) mass is 947 g/mol. The van der Waals surface area contributed by atoms with Gasteiger partial charge in [-0.3, -0.25) is 14.4 Å². The molecule has 1 atom stereocenters. The Labute approximate surface area is 418 Å². The zero-order chi connectivity index (χ0) is 48.8. The first-order valence-electron chi connectivity index (χ1n) is 30.4. The second kappa shape index (κ2) is 55.3. The molecular weight excluding hydrogens is 829 g/mol. The number of hydrogen-bond acceptors (Lipinski definition) is 6. The normalized spacial score (nSPS) is 12.0. The number of hydrogen-bond donors (Lipinski definition) is 0. The predicted molar refractivity (Wildman–Crippen MR) is 289 cm³/mol. The Kier molecular flexibility index (Phi) is 54.0. The highest BCUT2D eigenvalue weighted by atomic mass is 16.6. The van der Waals surface area contributed by atoms with E-state index in [2.05, 4.69) is 27.7 Å². The first-order chi connectivity index (χ1) is 32.9. The minimum atomic E-state index is -0.762. The van der Waals surface area contributed by atoms with Gasteiger partial charge in [-0.1, -0.05) is 310 Å². The third-order valence-corrected chi connectivity index (χ3v) is 14.0. The van der Waals surface area contributed by atoms with Crippen LogP contribution in [0.4, 0.5) is 0 Å². The molecule has 0 bridgehead atoms. The molecule has 0 aromatic carbocycles. The maximum absolute atomic E-state index is 12.9. The van der Waals surface area contributed by atoms with Crippen molar-refractivity contribution in [2.45, 2.75) is 355 Å². The van der Waals surface area contributed by atoms with Crippen LogP contribution < -0.4 is 0 Å². The van der Waals surface area contributed by atoms with Crippen LogP contribution in [0.25, 0.3) is 0 Å². The van der Waals surface area contributed by atoms with Crippen LogP contribution in [0.3, 0.4) is 0 Å². The highest BCUT2D eigenvalue weighted by molar-refractivity contribution is 5.71. The van der Waals surface area contributed by atoms with Crippen LogP contribution in [0, 0.1) is 5.92 Å². The first-order valence-corrected chi connectivity index (χ1v) is 30.4. The third-order valence-electron chi connectivity index (χ3n) is 14.0. The molecule has 6 heteroatoms. The summed E-state index contributed by atoms with van der Waals surface area (Å²) in [5, 5.41) is 0. The number of unbranched alkanes of at least 4 members (excludes halogenated alkanes) is 43. The molecule has 0 fully saturated rings. The fraction of sp³-hybridized carbons (Fsp3) is 0.951. The van der Waals surface area contributed by atoms with Gasteiger partial charge in [-0.05, 0) is 25.2 Å². The average molecular weight is 948 g/mol. The topological polar surface area (TPSA) is 78.9 Å². The van der Waals surface area contributed by atoms with E-state index in [1.165, 1.54) is 244 Å². The summed E-state index contributed by atoms with van der Waals surface area (Å²) in [6, 6.07) is 0. The van der Waals surface area contributed by atoms with Crippen molar-refractivity contribution in [3.8, 4) is 0 Å². The van der Waals surface area contributed by atoms with Crippen molar-refractivity contribution in [3.05, 3.63) is 0 Å². The molecule has 0 aromatic rings. The molecule has 0 rings (SSSR count). The maximum Gasteiger partial charge on any atom is 0.306 e. The van der Waals surface area contributed by atoms with Gasteiger partial charge in [0.25, 0.3) is 0 Å². The Bertz CT molecular complexity index is 1010. The lowest BCUT2D eigenvalue weighted by atomic mass is 10.0. The van der Waals surface area contributed by atoms with Gasteiger partial charge in [0, 0.05) is 19.3 Å². The van der Waals surface area contributed by atoms with Crippen LogP contribution in [0.5, 0.6) is 0 Å². The minimum Gasteiger partial charge on any atom is -0.462 e. The number of carbonyl (C=O) groups is 3. The molecule has 0 aliphatic heterocycles. The summed E-state index contributed by atoms with van der Waals surface area (Å²) in [6.45, 7) is 9.08. The van der Waals surface area contributed by atoms with Crippen molar-refractivity contribution in [2.75, 3.05) is 13.2 Å². The summed E-state index contributed by atoms with van der Waals surface area (Å²) >= 11 is 0. The molecule has 0 N–H and O–H groups in total. The van der Waals surface area contributed by atoms with Gasteiger partial charge < -0.3 is 14.2 Å². The van der Waals surface area contributed by atoms with Gasteiger partial charge in [0.05, 0.1) is 0 Å².